The van der Waals surface area contributed by atoms with E-state index in [9.17, 15) is 0 Å². The lowest BCUT2D eigenvalue weighted by molar-refractivity contribution is 0.174. The van der Waals surface area contributed by atoms with Gasteiger partial charge in [0.05, 0.1) is 11.0 Å². The molecule has 5 heterocycles. The Balaban J connectivity index is 0.000000138. The average Bonchev–Trinajstić information content (AvgIpc) is 4.19. The zero-order chi connectivity index (χ0) is 48.9. The molecule has 1 aliphatic rings. The Morgan fingerprint density at radius 1 is 0.435 bits per heavy atom. The van der Waals surface area contributed by atoms with Crippen LogP contribution in [0.15, 0.2) is 146 Å². The van der Waals surface area contributed by atoms with Gasteiger partial charge in [-0.25, -0.2) is 0 Å². The Labute approximate surface area is 410 Å². The number of fused-ring (bicyclic) bond motifs is 5. The first-order chi connectivity index (χ1) is 33.3. The van der Waals surface area contributed by atoms with Crippen LogP contribution in [-0.2, 0) is 32.8 Å². The lowest BCUT2D eigenvalue weighted by Gasteiger charge is -2.14. The highest BCUT2D eigenvalue weighted by molar-refractivity contribution is 5.86. The highest BCUT2D eigenvalue weighted by atomic mass is 16.7. The van der Waals surface area contributed by atoms with Gasteiger partial charge in [-0.05, 0) is 147 Å². The second kappa shape index (κ2) is 24.2. The summed E-state index contributed by atoms with van der Waals surface area (Å²) in [5.74, 6) is 2.65. The number of aromatic nitrogens is 4. The van der Waals surface area contributed by atoms with Gasteiger partial charge in [-0.2, -0.15) is 0 Å². The third-order valence-corrected chi connectivity index (χ3v) is 12.3. The molecule has 0 bridgehead atoms. The summed E-state index contributed by atoms with van der Waals surface area (Å²) in [6.45, 7) is 13.5. The molecule has 1 aliphatic heterocycles. The zero-order valence-electron chi connectivity index (χ0n) is 42.7. The maximum atomic E-state index is 6.08. The van der Waals surface area contributed by atoms with Crippen molar-refractivity contribution in [3.05, 3.63) is 163 Å². The molecule has 0 unspecified atom stereocenters. The minimum Gasteiger partial charge on any atom is -0.487 e. The molecule has 5 aromatic carbocycles. The number of para-hydroxylation sites is 1. The lowest BCUT2D eigenvalue weighted by atomic mass is 10.2. The number of hydrogen-bond acceptors (Lipinski definition) is 7. The first-order valence-electron chi connectivity index (χ1n) is 24.1. The third-order valence-electron chi connectivity index (χ3n) is 12.3. The molecule has 0 fully saturated rings. The number of aryl methyl sites for hydroxylation is 2. The van der Waals surface area contributed by atoms with E-state index in [2.05, 4.69) is 230 Å². The van der Waals surface area contributed by atoms with Crippen LogP contribution in [0.4, 0.5) is 0 Å². The Bertz CT molecular complexity index is 2900. The van der Waals surface area contributed by atoms with Crippen molar-refractivity contribution < 1.29 is 14.2 Å². The first kappa shape index (κ1) is 50.4. The molecule has 0 saturated carbocycles. The van der Waals surface area contributed by atoms with Gasteiger partial charge in [0.25, 0.3) is 0 Å². The van der Waals surface area contributed by atoms with Crippen LogP contribution in [0, 0.1) is 13.8 Å². The minimum atomic E-state index is 0.333. The Kier molecular flexibility index (Phi) is 17.6. The van der Waals surface area contributed by atoms with Gasteiger partial charge >= 0.3 is 0 Å². The standard InChI is InChI=1S/C19H22N2O.C13H16N2O2.2C13H18N2/c1-20(2)13-14-21-12-11-17-9-6-10-18(19(17)21)22-15-16-7-4-3-5-8-16;1-14(2)5-6-15-4-3-10-7-12-13(8-11(10)15)17-9-16-12;2*1-11-4-5-13-12(10-11)6-7-15(13)9-8-14(2)3/h3-12H,13-15H2,1-2H3;3-4,7-8H,5-6,9H2,1-2H3;2*4-7,10H,8-9H2,1-3H3. The van der Waals surface area contributed by atoms with E-state index in [4.69, 9.17) is 14.2 Å². The van der Waals surface area contributed by atoms with Gasteiger partial charge in [0.1, 0.15) is 12.4 Å². The Morgan fingerprint density at radius 3 is 1.41 bits per heavy atom. The summed E-state index contributed by atoms with van der Waals surface area (Å²) >= 11 is 0. The molecule has 4 aromatic heterocycles. The van der Waals surface area contributed by atoms with Crippen LogP contribution in [0.2, 0.25) is 0 Å². The molecule has 0 N–H and O–H groups in total. The number of nitrogens with zero attached hydrogens (tertiary/aromatic N) is 8. The van der Waals surface area contributed by atoms with Crippen LogP contribution >= 0.6 is 0 Å². The smallest absolute Gasteiger partial charge is 0.231 e. The third kappa shape index (κ3) is 14.0. The van der Waals surface area contributed by atoms with Crippen LogP contribution in [0.25, 0.3) is 43.6 Å². The van der Waals surface area contributed by atoms with E-state index in [1.807, 2.05) is 24.3 Å². The van der Waals surface area contributed by atoms with Gasteiger partial charge in [-0.3, -0.25) is 0 Å². The predicted octanol–water partition coefficient (Wildman–Crippen LogP) is 10.7. The summed E-state index contributed by atoms with van der Waals surface area (Å²) in [4.78, 5) is 8.79. The molecular formula is C58H74N8O3. The zero-order valence-corrected chi connectivity index (χ0v) is 42.7. The molecular weight excluding hydrogens is 857 g/mol. The molecule has 0 radical (unpaired) electrons. The van der Waals surface area contributed by atoms with Crippen LogP contribution in [-0.4, -0.2) is 127 Å². The molecule has 11 nitrogen and oxygen atoms in total. The SMILES string of the molecule is CN(C)CCn1ccc2cc3c(cc21)OCO3.CN(C)CCn1ccc2cccc(OCc3ccccc3)c21.Cc1ccc2c(ccn2CCN(C)C)c1.Cc1ccc2c(ccn2CCN(C)C)c1. The molecule has 11 heteroatoms. The number of ether oxygens (including phenoxy) is 3. The molecule has 0 aliphatic carbocycles. The number of benzene rings is 5. The summed E-state index contributed by atoms with van der Waals surface area (Å²) in [6.07, 6.45) is 8.61. The molecule has 0 atom stereocenters. The van der Waals surface area contributed by atoms with Crippen LogP contribution < -0.4 is 14.2 Å². The van der Waals surface area contributed by atoms with Crippen LogP contribution in [0.5, 0.6) is 17.2 Å². The van der Waals surface area contributed by atoms with E-state index in [-0.39, 0.29) is 0 Å². The van der Waals surface area contributed by atoms with E-state index in [1.54, 1.807) is 0 Å². The van der Waals surface area contributed by atoms with Crippen LogP contribution in [0.3, 0.4) is 0 Å². The number of rotatable bonds is 15. The summed E-state index contributed by atoms with van der Waals surface area (Å²) < 4.78 is 26.0. The van der Waals surface area contributed by atoms with Crippen LogP contribution in [0.1, 0.15) is 16.7 Å². The molecule has 0 amide bonds. The monoisotopic (exact) mass is 931 g/mol. The second-order valence-electron chi connectivity index (χ2n) is 19.1. The molecule has 0 spiro atoms. The van der Waals surface area contributed by atoms with Gasteiger partial charge in [0.15, 0.2) is 11.5 Å². The van der Waals surface area contributed by atoms with E-state index >= 15 is 0 Å². The van der Waals surface area contributed by atoms with E-state index in [0.717, 1.165) is 69.6 Å². The molecule has 10 rings (SSSR count). The van der Waals surface area contributed by atoms with Gasteiger partial charge in [0.2, 0.25) is 6.79 Å². The van der Waals surface area contributed by atoms with Crippen molar-refractivity contribution in [2.24, 2.45) is 0 Å². The summed E-state index contributed by atoms with van der Waals surface area (Å²) in [6, 6.07) is 42.5. The Morgan fingerprint density at radius 2 is 0.884 bits per heavy atom. The van der Waals surface area contributed by atoms with E-state index in [0.29, 0.717) is 13.4 Å². The lowest BCUT2D eigenvalue weighted by Crippen LogP contribution is -2.18. The largest absolute Gasteiger partial charge is 0.487 e. The second-order valence-corrected chi connectivity index (χ2v) is 19.1. The van der Waals surface area contributed by atoms with Crippen molar-refractivity contribution in [3.63, 3.8) is 0 Å². The van der Waals surface area contributed by atoms with Gasteiger partial charge < -0.3 is 52.1 Å². The van der Waals surface area contributed by atoms with Crippen molar-refractivity contribution >= 4 is 43.6 Å². The molecule has 9 aromatic rings. The summed E-state index contributed by atoms with van der Waals surface area (Å²) in [5, 5.41) is 5.11. The summed E-state index contributed by atoms with van der Waals surface area (Å²) in [5.41, 5.74) is 8.90. The van der Waals surface area contributed by atoms with Gasteiger partial charge in [0, 0.05) is 105 Å². The molecule has 364 valence electrons. The normalized spacial score (nSPS) is 12.0. The molecule has 0 saturated heterocycles. The first-order valence-corrected chi connectivity index (χ1v) is 24.1. The van der Waals surface area contributed by atoms with Crippen molar-refractivity contribution in [2.75, 3.05) is 89.4 Å². The fourth-order valence-electron chi connectivity index (χ4n) is 8.30. The minimum absolute atomic E-state index is 0.333. The summed E-state index contributed by atoms with van der Waals surface area (Å²) in [7, 11) is 16.8. The fraction of sp³-hybridized carbons (Fsp3) is 0.345. The van der Waals surface area contributed by atoms with Crippen molar-refractivity contribution in [3.8, 4) is 17.2 Å². The Hall–Kier alpha value is -6.50. The highest BCUT2D eigenvalue weighted by Gasteiger charge is 2.16. The topological polar surface area (TPSA) is 60.4 Å². The molecule has 69 heavy (non-hydrogen) atoms. The quantitative estimate of drug-likeness (QED) is 0.101. The highest BCUT2D eigenvalue weighted by Crippen LogP contribution is 2.36. The van der Waals surface area contributed by atoms with Crippen molar-refractivity contribution in [1.82, 2.24) is 37.9 Å². The van der Waals surface area contributed by atoms with Gasteiger partial charge in [-0.1, -0.05) is 65.7 Å². The van der Waals surface area contributed by atoms with E-state index in [1.165, 1.54) is 60.3 Å². The maximum Gasteiger partial charge on any atom is 0.231 e. The number of likely N-dealkylation sites (N-methyl/N-ethyl adjacent to an activating group) is 4. The maximum absolute atomic E-state index is 6.08. The van der Waals surface area contributed by atoms with Gasteiger partial charge in [-0.15, -0.1) is 0 Å². The fourth-order valence-corrected chi connectivity index (χ4v) is 8.30. The number of hydrogen-bond donors (Lipinski definition) is 0. The van der Waals surface area contributed by atoms with Crippen molar-refractivity contribution in [2.45, 2.75) is 46.6 Å². The van der Waals surface area contributed by atoms with Crippen molar-refractivity contribution in [1.29, 1.82) is 0 Å². The van der Waals surface area contributed by atoms with E-state index < -0.39 is 0 Å². The predicted molar refractivity (Wildman–Crippen MR) is 288 cm³/mol. The average molecular weight is 931 g/mol.